The lowest BCUT2D eigenvalue weighted by Gasteiger charge is -2.22. The largest absolute Gasteiger partial charge is 0.385 e. The van der Waals surface area contributed by atoms with Gasteiger partial charge >= 0.3 is 0 Å². The summed E-state index contributed by atoms with van der Waals surface area (Å²) in [5.74, 6) is 0. The van der Waals surface area contributed by atoms with Crippen LogP contribution in [0.25, 0.3) is 0 Å². The standard InChI is InChI=1S/C15H20BrN3O/c16-15-10-13(3-2-12(15)11-17)19-6-1-9-20-14-4-7-18-8-5-14/h2-3,10,14,18-19H,1,4-9H2. The van der Waals surface area contributed by atoms with Crippen LogP contribution in [0.3, 0.4) is 0 Å². The van der Waals surface area contributed by atoms with Gasteiger partial charge in [0.2, 0.25) is 0 Å². The highest BCUT2D eigenvalue weighted by Crippen LogP contribution is 2.20. The molecule has 1 aliphatic rings. The monoisotopic (exact) mass is 337 g/mol. The van der Waals surface area contributed by atoms with Gasteiger partial charge in [-0.25, -0.2) is 0 Å². The van der Waals surface area contributed by atoms with E-state index in [0.29, 0.717) is 11.7 Å². The smallest absolute Gasteiger partial charge is 0.100 e. The van der Waals surface area contributed by atoms with E-state index in [-0.39, 0.29) is 0 Å². The number of nitrogens with one attached hydrogen (secondary N) is 2. The Bertz CT molecular complexity index is 467. The van der Waals surface area contributed by atoms with Crippen molar-refractivity contribution in [2.75, 3.05) is 31.6 Å². The SMILES string of the molecule is N#Cc1ccc(NCCCOC2CCNCC2)cc1Br. The van der Waals surface area contributed by atoms with Gasteiger partial charge in [0.25, 0.3) is 0 Å². The molecule has 1 heterocycles. The molecule has 4 nitrogen and oxygen atoms in total. The van der Waals surface area contributed by atoms with E-state index in [0.717, 1.165) is 55.7 Å². The zero-order valence-corrected chi connectivity index (χ0v) is 13.1. The molecule has 108 valence electrons. The average molecular weight is 338 g/mol. The van der Waals surface area contributed by atoms with Gasteiger partial charge in [-0.3, -0.25) is 0 Å². The fraction of sp³-hybridized carbons (Fsp3) is 0.533. The molecule has 1 aromatic rings. The van der Waals surface area contributed by atoms with Crippen molar-refractivity contribution in [3.63, 3.8) is 0 Å². The third-order valence-corrected chi connectivity index (χ3v) is 4.04. The molecule has 0 unspecified atom stereocenters. The van der Waals surface area contributed by atoms with Crippen molar-refractivity contribution in [1.82, 2.24) is 5.32 Å². The lowest BCUT2D eigenvalue weighted by molar-refractivity contribution is 0.0329. The number of anilines is 1. The van der Waals surface area contributed by atoms with Crippen LogP contribution in [0.5, 0.6) is 0 Å². The van der Waals surface area contributed by atoms with Gasteiger partial charge in [0.1, 0.15) is 6.07 Å². The summed E-state index contributed by atoms with van der Waals surface area (Å²) in [6.45, 7) is 3.82. The van der Waals surface area contributed by atoms with Crippen LogP contribution in [-0.4, -0.2) is 32.3 Å². The summed E-state index contributed by atoms with van der Waals surface area (Å²) >= 11 is 3.39. The predicted octanol–water partition coefficient (Wildman–Crippen LogP) is 2.89. The van der Waals surface area contributed by atoms with Gasteiger partial charge in [0.05, 0.1) is 11.7 Å². The van der Waals surface area contributed by atoms with Crippen molar-refractivity contribution in [2.45, 2.75) is 25.4 Å². The molecule has 2 rings (SSSR count). The number of ether oxygens (including phenoxy) is 1. The van der Waals surface area contributed by atoms with Gasteiger partial charge < -0.3 is 15.4 Å². The van der Waals surface area contributed by atoms with Gasteiger partial charge in [-0.2, -0.15) is 5.26 Å². The fourth-order valence-electron chi connectivity index (χ4n) is 2.23. The second-order valence-corrected chi connectivity index (χ2v) is 5.76. The Morgan fingerprint density at radius 2 is 2.20 bits per heavy atom. The number of benzene rings is 1. The molecule has 5 heteroatoms. The Labute approximate surface area is 128 Å². The normalized spacial score (nSPS) is 15.8. The Kier molecular flexibility index (Phi) is 6.31. The zero-order chi connectivity index (χ0) is 14.2. The molecule has 0 radical (unpaired) electrons. The molecule has 0 bridgehead atoms. The van der Waals surface area contributed by atoms with Crippen molar-refractivity contribution in [1.29, 1.82) is 5.26 Å². The van der Waals surface area contributed by atoms with Crippen molar-refractivity contribution in [3.8, 4) is 6.07 Å². The highest BCUT2D eigenvalue weighted by atomic mass is 79.9. The molecule has 0 saturated carbocycles. The van der Waals surface area contributed by atoms with Crippen LogP contribution in [0.2, 0.25) is 0 Å². The lowest BCUT2D eigenvalue weighted by Crippen LogP contribution is -2.32. The van der Waals surface area contributed by atoms with E-state index < -0.39 is 0 Å². The Balaban J connectivity index is 1.63. The maximum atomic E-state index is 8.86. The number of rotatable bonds is 6. The molecule has 0 aliphatic carbocycles. The number of hydrogen-bond donors (Lipinski definition) is 2. The Morgan fingerprint density at radius 1 is 1.40 bits per heavy atom. The van der Waals surface area contributed by atoms with E-state index in [1.165, 1.54) is 0 Å². The second kappa shape index (κ2) is 8.25. The van der Waals surface area contributed by atoms with E-state index >= 15 is 0 Å². The van der Waals surface area contributed by atoms with Crippen LogP contribution in [0.4, 0.5) is 5.69 Å². The summed E-state index contributed by atoms with van der Waals surface area (Å²) in [6.07, 6.45) is 3.66. The summed E-state index contributed by atoms with van der Waals surface area (Å²) in [5, 5.41) is 15.5. The van der Waals surface area contributed by atoms with Gasteiger partial charge in [-0.05, 0) is 66.5 Å². The number of hydrogen-bond acceptors (Lipinski definition) is 4. The quantitative estimate of drug-likeness (QED) is 0.783. The third kappa shape index (κ3) is 4.78. The Hall–Kier alpha value is -1.09. The van der Waals surface area contributed by atoms with Crippen LogP contribution in [0.1, 0.15) is 24.8 Å². The molecule has 1 saturated heterocycles. The molecule has 2 N–H and O–H groups in total. The second-order valence-electron chi connectivity index (χ2n) is 4.91. The topological polar surface area (TPSA) is 57.1 Å². The van der Waals surface area contributed by atoms with Crippen LogP contribution in [0.15, 0.2) is 22.7 Å². The summed E-state index contributed by atoms with van der Waals surface area (Å²) in [6, 6.07) is 7.82. The molecule has 1 aromatic carbocycles. The van der Waals surface area contributed by atoms with Gasteiger partial charge in [0.15, 0.2) is 0 Å². The summed E-state index contributed by atoms with van der Waals surface area (Å²) in [7, 11) is 0. The van der Waals surface area contributed by atoms with Gasteiger partial charge in [-0.1, -0.05) is 0 Å². The molecular weight excluding hydrogens is 318 g/mol. The van der Waals surface area contributed by atoms with Gasteiger partial charge in [-0.15, -0.1) is 0 Å². The molecule has 0 atom stereocenters. The number of halogens is 1. The van der Waals surface area contributed by atoms with Crippen LogP contribution >= 0.6 is 15.9 Å². The van der Waals surface area contributed by atoms with Crippen LogP contribution < -0.4 is 10.6 Å². The fourth-order valence-corrected chi connectivity index (χ4v) is 2.70. The van der Waals surface area contributed by atoms with E-state index in [4.69, 9.17) is 10.00 Å². The molecule has 20 heavy (non-hydrogen) atoms. The van der Waals surface area contributed by atoms with Crippen molar-refractivity contribution in [3.05, 3.63) is 28.2 Å². The molecule has 0 aromatic heterocycles. The zero-order valence-electron chi connectivity index (χ0n) is 11.5. The first-order valence-corrected chi connectivity index (χ1v) is 7.85. The molecule has 0 spiro atoms. The average Bonchev–Trinajstić information content (AvgIpc) is 2.48. The first-order chi connectivity index (χ1) is 9.79. The summed E-state index contributed by atoms with van der Waals surface area (Å²) in [5.41, 5.74) is 1.68. The Morgan fingerprint density at radius 3 is 2.90 bits per heavy atom. The van der Waals surface area contributed by atoms with Crippen molar-refractivity contribution in [2.24, 2.45) is 0 Å². The molecule has 1 fully saturated rings. The first-order valence-electron chi connectivity index (χ1n) is 7.05. The maximum Gasteiger partial charge on any atom is 0.100 e. The van der Waals surface area contributed by atoms with E-state index in [9.17, 15) is 0 Å². The van der Waals surface area contributed by atoms with Crippen LogP contribution in [-0.2, 0) is 4.74 Å². The molecule has 0 amide bonds. The maximum absolute atomic E-state index is 8.86. The summed E-state index contributed by atoms with van der Waals surface area (Å²) < 4.78 is 6.68. The lowest BCUT2D eigenvalue weighted by atomic mass is 10.1. The minimum atomic E-state index is 0.431. The summed E-state index contributed by atoms with van der Waals surface area (Å²) in [4.78, 5) is 0. The van der Waals surface area contributed by atoms with Crippen molar-refractivity contribution >= 4 is 21.6 Å². The minimum Gasteiger partial charge on any atom is -0.385 e. The van der Waals surface area contributed by atoms with Crippen molar-refractivity contribution < 1.29 is 4.74 Å². The van der Waals surface area contributed by atoms with E-state index in [2.05, 4.69) is 32.6 Å². The number of nitriles is 1. The first kappa shape index (κ1) is 15.3. The van der Waals surface area contributed by atoms with E-state index in [1.807, 2.05) is 18.2 Å². The number of piperidine rings is 1. The minimum absolute atomic E-state index is 0.431. The van der Waals surface area contributed by atoms with Crippen LogP contribution in [0, 0.1) is 11.3 Å². The molecular formula is C15H20BrN3O. The molecule has 1 aliphatic heterocycles. The number of nitrogens with zero attached hydrogens (tertiary/aromatic N) is 1. The van der Waals surface area contributed by atoms with E-state index in [1.54, 1.807) is 0 Å². The predicted molar refractivity (Wildman–Crippen MR) is 83.8 cm³/mol. The highest BCUT2D eigenvalue weighted by Gasteiger charge is 2.12. The highest BCUT2D eigenvalue weighted by molar-refractivity contribution is 9.10. The third-order valence-electron chi connectivity index (χ3n) is 3.38. The van der Waals surface area contributed by atoms with Gasteiger partial charge in [0, 0.05) is 23.3 Å².